The summed E-state index contributed by atoms with van der Waals surface area (Å²) in [6, 6.07) is 0. The predicted molar refractivity (Wildman–Crippen MR) is 73.9 cm³/mol. The molecule has 0 aliphatic heterocycles. The number of hydrogen-bond donors (Lipinski definition) is 1. The third-order valence-corrected chi connectivity index (χ3v) is 2.92. The van der Waals surface area contributed by atoms with Gasteiger partial charge in [-0.05, 0) is 27.2 Å². The van der Waals surface area contributed by atoms with Crippen molar-refractivity contribution < 1.29 is 18.3 Å². The van der Waals surface area contributed by atoms with Crippen LogP contribution >= 0.6 is 0 Å². The Labute approximate surface area is 119 Å². The molecule has 0 amide bonds. The fourth-order valence-electron chi connectivity index (χ4n) is 1.70. The normalized spacial score (nSPS) is 16.6. The first kappa shape index (κ1) is 19.4. The molecule has 1 atom stereocenters. The van der Waals surface area contributed by atoms with E-state index in [9.17, 15) is 18.3 Å². The predicted octanol–water partition coefficient (Wildman–Crippen LogP) is 4.89. The largest absolute Gasteiger partial charge is 0.419 e. The fourth-order valence-corrected chi connectivity index (χ4v) is 1.70. The van der Waals surface area contributed by atoms with Crippen LogP contribution in [-0.2, 0) is 0 Å². The summed E-state index contributed by atoms with van der Waals surface area (Å²) in [5, 5.41) is 17.2. The van der Waals surface area contributed by atoms with Crippen molar-refractivity contribution in [2.75, 3.05) is 6.54 Å². The molecule has 0 saturated carbocycles. The van der Waals surface area contributed by atoms with E-state index in [1.54, 1.807) is 20.8 Å². The van der Waals surface area contributed by atoms with Crippen molar-refractivity contribution in [1.82, 2.24) is 0 Å². The molecule has 0 heterocycles. The minimum Gasteiger partial charge on any atom is -0.379 e. The van der Waals surface area contributed by atoms with Crippen LogP contribution in [0.15, 0.2) is 10.2 Å². The Morgan fingerprint density at radius 1 is 0.950 bits per heavy atom. The summed E-state index contributed by atoms with van der Waals surface area (Å²) < 4.78 is 38.8. The van der Waals surface area contributed by atoms with Crippen molar-refractivity contribution in [3.05, 3.63) is 0 Å². The van der Waals surface area contributed by atoms with E-state index in [-0.39, 0.29) is 6.42 Å². The van der Waals surface area contributed by atoms with Crippen LogP contribution in [0.3, 0.4) is 0 Å². The van der Waals surface area contributed by atoms with E-state index >= 15 is 0 Å². The zero-order chi connectivity index (χ0) is 15.9. The average molecular weight is 296 g/mol. The Bertz CT molecular complexity index is 298. The molecule has 0 bridgehead atoms. The molecule has 0 radical (unpaired) electrons. The van der Waals surface area contributed by atoms with Gasteiger partial charge in [-0.2, -0.15) is 23.4 Å². The molecule has 0 saturated heterocycles. The molecule has 0 spiro atoms. The van der Waals surface area contributed by atoms with Gasteiger partial charge in [0.05, 0.1) is 12.1 Å². The molecule has 120 valence electrons. The Hall–Kier alpha value is -0.650. The van der Waals surface area contributed by atoms with Gasteiger partial charge in [-0.1, -0.05) is 39.0 Å². The van der Waals surface area contributed by atoms with Crippen molar-refractivity contribution in [3.8, 4) is 0 Å². The van der Waals surface area contributed by atoms with Crippen LogP contribution in [0.4, 0.5) is 13.2 Å². The van der Waals surface area contributed by atoms with E-state index in [0.717, 1.165) is 19.3 Å². The molecule has 0 aliphatic rings. The number of azo groups is 1. The first-order valence-corrected chi connectivity index (χ1v) is 7.19. The van der Waals surface area contributed by atoms with E-state index in [4.69, 9.17) is 0 Å². The second-order valence-electron chi connectivity index (χ2n) is 6.26. The number of aliphatic hydroxyl groups is 1. The second kappa shape index (κ2) is 7.96. The number of alkyl halides is 3. The van der Waals surface area contributed by atoms with Gasteiger partial charge in [-0.3, -0.25) is 0 Å². The van der Waals surface area contributed by atoms with Crippen molar-refractivity contribution in [3.63, 3.8) is 0 Å². The highest BCUT2D eigenvalue weighted by Crippen LogP contribution is 2.35. The smallest absolute Gasteiger partial charge is 0.379 e. The lowest BCUT2D eigenvalue weighted by molar-refractivity contribution is -0.258. The highest BCUT2D eigenvalue weighted by atomic mass is 19.4. The topological polar surface area (TPSA) is 45.0 Å². The molecule has 6 heteroatoms. The van der Waals surface area contributed by atoms with E-state index in [1.165, 1.54) is 0 Å². The number of unbranched alkanes of at least 4 members (excludes halogenated alkanes) is 4. The zero-order valence-electron chi connectivity index (χ0n) is 12.9. The van der Waals surface area contributed by atoms with Crippen LogP contribution in [0, 0.1) is 0 Å². The Morgan fingerprint density at radius 2 is 1.50 bits per heavy atom. The fraction of sp³-hybridized carbons (Fsp3) is 1.00. The van der Waals surface area contributed by atoms with Gasteiger partial charge in [0.25, 0.3) is 0 Å². The van der Waals surface area contributed by atoms with Crippen LogP contribution in [0.25, 0.3) is 0 Å². The van der Waals surface area contributed by atoms with Crippen LogP contribution in [0.1, 0.15) is 66.2 Å². The summed E-state index contributed by atoms with van der Waals surface area (Å²) in [7, 11) is 0. The average Bonchev–Trinajstić information content (AvgIpc) is 2.25. The first-order chi connectivity index (χ1) is 9.02. The van der Waals surface area contributed by atoms with Gasteiger partial charge in [0, 0.05) is 0 Å². The molecule has 0 aliphatic carbocycles. The molecular weight excluding hydrogens is 269 g/mol. The number of rotatable bonds is 8. The van der Waals surface area contributed by atoms with Crippen LogP contribution < -0.4 is 0 Å². The first-order valence-electron chi connectivity index (χ1n) is 7.19. The van der Waals surface area contributed by atoms with E-state index in [0.29, 0.717) is 12.8 Å². The number of halogens is 3. The minimum absolute atomic E-state index is 0.316. The second-order valence-corrected chi connectivity index (χ2v) is 6.26. The third-order valence-electron chi connectivity index (χ3n) is 2.92. The van der Waals surface area contributed by atoms with Gasteiger partial charge in [0.1, 0.15) is 0 Å². The van der Waals surface area contributed by atoms with Crippen molar-refractivity contribution in [1.29, 1.82) is 0 Å². The van der Waals surface area contributed by atoms with Gasteiger partial charge in [-0.25, -0.2) is 0 Å². The molecule has 0 aromatic rings. The highest BCUT2D eigenvalue weighted by molar-refractivity contribution is 4.88. The lowest BCUT2D eigenvalue weighted by Gasteiger charge is -2.28. The lowest BCUT2D eigenvalue weighted by atomic mass is 9.95. The molecule has 1 N–H and O–H groups in total. The Kier molecular flexibility index (Phi) is 7.70. The molecule has 3 nitrogen and oxygen atoms in total. The Morgan fingerprint density at radius 3 is 1.95 bits per heavy atom. The molecule has 1 unspecified atom stereocenters. The molecule has 0 fully saturated rings. The van der Waals surface area contributed by atoms with Gasteiger partial charge >= 0.3 is 6.18 Å². The van der Waals surface area contributed by atoms with E-state index < -0.39 is 23.9 Å². The van der Waals surface area contributed by atoms with E-state index in [2.05, 4.69) is 10.2 Å². The Balaban J connectivity index is 4.49. The maximum Gasteiger partial charge on any atom is 0.419 e. The van der Waals surface area contributed by atoms with Gasteiger partial charge in [0.15, 0.2) is 5.60 Å². The van der Waals surface area contributed by atoms with Crippen molar-refractivity contribution in [2.45, 2.75) is 83.5 Å². The maximum atomic E-state index is 12.9. The molecule has 0 aromatic heterocycles. The summed E-state index contributed by atoms with van der Waals surface area (Å²) in [5.41, 5.74) is -3.29. The number of nitrogens with zero attached hydrogens (tertiary/aromatic N) is 2. The maximum absolute atomic E-state index is 12.9. The van der Waals surface area contributed by atoms with Gasteiger partial charge in [0.2, 0.25) is 0 Å². The van der Waals surface area contributed by atoms with Crippen LogP contribution in [0.5, 0.6) is 0 Å². The highest BCUT2D eigenvalue weighted by Gasteiger charge is 2.53. The van der Waals surface area contributed by atoms with Gasteiger partial charge < -0.3 is 5.11 Å². The van der Waals surface area contributed by atoms with Crippen molar-refractivity contribution >= 4 is 0 Å². The van der Waals surface area contributed by atoms with Crippen LogP contribution in [0.2, 0.25) is 0 Å². The SMILES string of the molecule is CCCCCCCC(O)(CN=NC(C)(C)C)C(F)(F)F. The quantitative estimate of drug-likeness (QED) is 0.503. The summed E-state index contributed by atoms with van der Waals surface area (Å²) in [6.45, 7) is 6.55. The van der Waals surface area contributed by atoms with Gasteiger partial charge in [-0.15, -0.1) is 0 Å². The summed E-state index contributed by atoms with van der Waals surface area (Å²) in [4.78, 5) is 0. The monoisotopic (exact) mass is 296 g/mol. The molecule has 0 aromatic carbocycles. The summed E-state index contributed by atoms with van der Waals surface area (Å²) in [6.07, 6.45) is -1.01. The summed E-state index contributed by atoms with van der Waals surface area (Å²) in [5.74, 6) is 0. The van der Waals surface area contributed by atoms with Crippen molar-refractivity contribution in [2.24, 2.45) is 10.2 Å². The summed E-state index contributed by atoms with van der Waals surface area (Å²) >= 11 is 0. The molecule has 0 rings (SSSR count). The standard InChI is InChI=1S/C14H27F3N2O/c1-5-6-7-8-9-10-13(20,14(15,16)17)11-18-19-12(2,3)4/h20H,5-11H2,1-4H3. The lowest BCUT2D eigenvalue weighted by Crippen LogP contribution is -2.47. The van der Waals surface area contributed by atoms with E-state index in [1.807, 2.05) is 6.92 Å². The molecule has 20 heavy (non-hydrogen) atoms. The minimum atomic E-state index is -4.67. The van der Waals surface area contributed by atoms with Crippen LogP contribution in [-0.4, -0.2) is 29.0 Å². The molecular formula is C14H27F3N2O. The third kappa shape index (κ3) is 7.82. The number of hydrogen-bond acceptors (Lipinski definition) is 3. The zero-order valence-corrected chi connectivity index (χ0v) is 12.9.